The van der Waals surface area contributed by atoms with Crippen molar-refractivity contribution in [1.82, 2.24) is 24.8 Å². The average Bonchev–Trinajstić information content (AvgIpc) is 3.23. The zero-order valence-corrected chi connectivity index (χ0v) is 15.2. The average molecular weight is 362 g/mol. The van der Waals surface area contributed by atoms with Crippen molar-refractivity contribution in [2.75, 3.05) is 24.5 Å². The maximum atomic E-state index is 12.7. The Morgan fingerprint density at radius 2 is 1.93 bits per heavy atom. The van der Waals surface area contributed by atoms with E-state index in [1.54, 1.807) is 12.4 Å². The van der Waals surface area contributed by atoms with E-state index in [-0.39, 0.29) is 5.56 Å². The second-order valence-corrected chi connectivity index (χ2v) is 7.31. The van der Waals surface area contributed by atoms with Crippen molar-refractivity contribution in [3.8, 4) is 0 Å². The fourth-order valence-corrected chi connectivity index (χ4v) is 4.10. The highest BCUT2D eigenvalue weighted by molar-refractivity contribution is 5.77. The zero-order valence-electron chi connectivity index (χ0n) is 15.2. The van der Waals surface area contributed by atoms with Crippen LogP contribution in [0.25, 0.3) is 11.0 Å². The number of nitrogens with one attached hydrogen (secondary N) is 1. The molecular formula is C20H22N6O. The number of rotatable bonds is 3. The molecule has 2 aromatic heterocycles. The summed E-state index contributed by atoms with van der Waals surface area (Å²) < 4.78 is 0. The highest BCUT2D eigenvalue weighted by atomic mass is 16.1. The molecule has 7 heteroatoms. The molecule has 27 heavy (non-hydrogen) atoms. The van der Waals surface area contributed by atoms with E-state index in [0.717, 1.165) is 66.4 Å². The topological polar surface area (TPSA) is 78.0 Å². The Kier molecular flexibility index (Phi) is 4.09. The summed E-state index contributed by atoms with van der Waals surface area (Å²) in [6, 6.07) is 6.08. The van der Waals surface area contributed by atoms with Crippen LogP contribution in [-0.2, 0) is 19.5 Å². The molecule has 2 aliphatic heterocycles. The third kappa shape index (κ3) is 3.08. The van der Waals surface area contributed by atoms with Gasteiger partial charge in [0.2, 0.25) is 5.95 Å². The van der Waals surface area contributed by atoms with Crippen LogP contribution in [0, 0.1) is 0 Å². The molecule has 1 fully saturated rings. The highest BCUT2D eigenvalue weighted by Gasteiger charge is 2.24. The van der Waals surface area contributed by atoms with Crippen LogP contribution in [0.15, 0.2) is 35.4 Å². The minimum atomic E-state index is 0.00399. The molecule has 0 atom stereocenters. The Morgan fingerprint density at radius 3 is 2.81 bits per heavy atom. The van der Waals surface area contributed by atoms with E-state index in [1.165, 1.54) is 12.8 Å². The summed E-state index contributed by atoms with van der Waals surface area (Å²) in [5.41, 5.74) is 4.74. The molecule has 0 unspecified atom stereocenters. The van der Waals surface area contributed by atoms with Gasteiger partial charge in [-0.2, -0.15) is 0 Å². The molecule has 0 spiro atoms. The lowest BCUT2D eigenvalue weighted by atomic mass is 10.1. The third-order valence-electron chi connectivity index (χ3n) is 5.52. The van der Waals surface area contributed by atoms with Crippen molar-refractivity contribution in [2.24, 2.45) is 0 Å². The first-order valence-corrected chi connectivity index (χ1v) is 9.56. The summed E-state index contributed by atoms with van der Waals surface area (Å²) in [6.07, 6.45) is 6.58. The smallest absolute Gasteiger partial charge is 0.257 e. The van der Waals surface area contributed by atoms with Crippen molar-refractivity contribution >= 4 is 17.0 Å². The van der Waals surface area contributed by atoms with Crippen LogP contribution >= 0.6 is 0 Å². The van der Waals surface area contributed by atoms with Gasteiger partial charge in [-0.25, -0.2) is 4.98 Å². The van der Waals surface area contributed by atoms with E-state index in [2.05, 4.69) is 30.8 Å². The van der Waals surface area contributed by atoms with E-state index >= 15 is 0 Å². The third-order valence-corrected chi connectivity index (χ3v) is 5.52. The molecule has 7 nitrogen and oxygen atoms in total. The first-order valence-electron chi connectivity index (χ1n) is 9.56. The fraction of sp³-hybridized carbons (Fsp3) is 0.400. The minimum Gasteiger partial charge on any atom is -0.342 e. The van der Waals surface area contributed by atoms with E-state index in [1.807, 2.05) is 12.1 Å². The number of hydrogen-bond acceptors (Lipinski definition) is 6. The largest absolute Gasteiger partial charge is 0.342 e. The molecule has 5 rings (SSSR count). The molecule has 2 aliphatic rings. The summed E-state index contributed by atoms with van der Waals surface area (Å²) >= 11 is 0. The van der Waals surface area contributed by atoms with Crippen LogP contribution in [0.1, 0.15) is 29.7 Å². The molecule has 1 saturated heterocycles. The maximum absolute atomic E-state index is 12.7. The first kappa shape index (κ1) is 16.4. The van der Waals surface area contributed by atoms with Crippen LogP contribution in [0.2, 0.25) is 0 Å². The minimum absolute atomic E-state index is 0.00399. The van der Waals surface area contributed by atoms with Gasteiger partial charge in [0, 0.05) is 51.5 Å². The van der Waals surface area contributed by atoms with E-state index in [9.17, 15) is 4.79 Å². The van der Waals surface area contributed by atoms with Gasteiger partial charge in [0.15, 0.2) is 0 Å². The SMILES string of the molecule is O=c1[nH]c(N2CCCC2)nc2c1CN(Cc1cccc3nccnc13)CC2. The standard InChI is InChI=1S/C20H22N6O/c27-19-15-13-25(12-14-4-3-5-17-18(14)22-8-7-21-17)11-6-16(15)23-20(24-19)26-9-1-2-10-26/h3-5,7-8H,1-2,6,9-13H2,(H,23,24,27). The Balaban J connectivity index is 1.40. The number of para-hydroxylation sites is 1. The van der Waals surface area contributed by atoms with Gasteiger partial charge in [-0.1, -0.05) is 12.1 Å². The molecule has 3 aromatic rings. The molecule has 4 heterocycles. The summed E-state index contributed by atoms with van der Waals surface area (Å²) in [7, 11) is 0. The van der Waals surface area contributed by atoms with Crippen molar-refractivity contribution in [2.45, 2.75) is 32.4 Å². The van der Waals surface area contributed by atoms with Gasteiger partial charge < -0.3 is 4.90 Å². The van der Waals surface area contributed by atoms with Gasteiger partial charge in [0.05, 0.1) is 22.3 Å². The van der Waals surface area contributed by atoms with Crippen LogP contribution < -0.4 is 10.5 Å². The van der Waals surface area contributed by atoms with Crippen molar-refractivity contribution in [3.05, 3.63) is 57.8 Å². The number of anilines is 1. The van der Waals surface area contributed by atoms with Crippen molar-refractivity contribution < 1.29 is 0 Å². The quantitative estimate of drug-likeness (QED) is 0.766. The normalized spacial score (nSPS) is 17.4. The second-order valence-electron chi connectivity index (χ2n) is 7.31. The van der Waals surface area contributed by atoms with Gasteiger partial charge >= 0.3 is 0 Å². The summed E-state index contributed by atoms with van der Waals surface area (Å²) in [6.45, 7) is 4.23. The zero-order chi connectivity index (χ0) is 18.2. The predicted octanol–water partition coefficient (Wildman–Crippen LogP) is 1.87. The molecule has 0 saturated carbocycles. The van der Waals surface area contributed by atoms with Crippen LogP contribution in [0.3, 0.4) is 0 Å². The van der Waals surface area contributed by atoms with Crippen LogP contribution in [0.5, 0.6) is 0 Å². The van der Waals surface area contributed by atoms with Crippen molar-refractivity contribution in [3.63, 3.8) is 0 Å². The van der Waals surface area contributed by atoms with Crippen LogP contribution in [0.4, 0.5) is 5.95 Å². The number of benzene rings is 1. The Labute approximate surface area is 157 Å². The number of aromatic nitrogens is 4. The van der Waals surface area contributed by atoms with E-state index in [4.69, 9.17) is 4.98 Å². The summed E-state index contributed by atoms with van der Waals surface area (Å²) in [5.74, 6) is 0.744. The predicted molar refractivity (Wildman–Crippen MR) is 104 cm³/mol. The van der Waals surface area contributed by atoms with Crippen molar-refractivity contribution in [1.29, 1.82) is 0 Å². The Hall–Kier alpha value is -2.80. The summed E-state index contributed by atoms with van der Waals surface area (Å²) in [4.78, 5) is 33.8. The Morgan fingerprint density at radius 1 is 1.07 bits per heavy atom. The van der Waals surface area contributed by atoms with Gasteiger partial charge in [0.1, 0.15) is 0 Å². The second kappa shape index (κ2) is 6.74. The van der Waals surface area contributed by atoms with E-state index in [0.29, 0.717) is 6.54 Å². The number of fused-ring (bicyclic) bond motifs is 2. The van der Waals surface area contributed by atoms with Gasteiger partial charge in [-0.3, -0.25) is 24.6 Å². The number of aromatic amines is 1. The van der Waals surface area contributed by atoms with Gasteiger partial charge in [-0.05, 0) is 24.5 Å². The lowest BCUT2D eigenvalue weighted by molar-refractivity contribution is 0.242. The summed E-state index contributed by atoms with van der Waals surface area (Å²) in [5, 5.41) is 0. The Bertz CT molecular complexity index is 1030. The molecule has 1 N–H and O–H groups in total. The first-order chi connectivity index (χ1) is 13.3. The molecule has 138 valence electrons. The molecular weight excluding hydrogens is 340 g/mol. The highest BCUT2D eigenvalue weighted by Crippen LogP contribution is 2.22. The number of nitrogens with zero attached hydrogens (tertiary/aromatic N) is 5. The number of hydrogen-bond donors (Lipinski definition) is 1. The molecule has 0 amide bonds. The lowest BCUT2D eigenvalue weighted by Crippen LogP contribution is -2.36. The number of H-pyrrole nitrogens is 1. The lowest BCUT2D eigenvalue weighted by Gasteiger charge is -2.28. The maximum Gasteiger partial charge on any atom is 0.257 e. The molecule has 0 bridgehead atoms. The van der Waals surface area contributed by atoms with E-state index < -0.39 is 0 Å². The monoisotopic (exact) mass is 362 g/mol. The van der Waals surface area contributed by atoms with Gasteiger partial charge in [-0.15, -0.1) is 0 Å². The fourth-order valence-electron chi connectivity index (χ4n) is 4.10. The molecule has 1 aromatic carbocycles. The molecule has 0 aliphatic carbocycles. The molecule has 0 radical (unpaired) electrons. The van der Waals surface area contributed by atoms with Crippen LogP contribution in [-0.4, -0.2) is 44.5 Å². The van der Waals surface area contributed by atoms with Gasteiger partial charge in [0.25, 0.3) is 5.56 Å².